The van der Waals surface area contributed by atoms with E-state index in [0.29, 0.717) is 6.42 Å². The molecular weight excluding hydrogens is 88.1 g/mol. The maximum atomic E-state index is 9.54. The van der Waals surface area contributed by atoms with Crippen LogP contribution in [0, 0.1) is 0 Å². The van der Waals surface area contributed by atoms with Crippen LogP contribution in [-0.4, -0.2) is 6.29 Å². The van der Waals surface area contributed by atoms with E-state index >= 15 is 0 Å². The van der Waals surface area contributed by atoms with Gasteiger partial charge >= 0.3 is 0 Å². The summed E-state index contributed by atoms with van der Waals surface area (Å²) in [5.74, 6) is 0. The first kappa shape index (κ1) is 6.41. The topological polar surface area (TPSA) is 17.1 Å². The Morgan fingerprint density at radius 1 is 1.86 bits per heavy atom. The van der Waals surface area contributed by atoms with Gasteiger partial charge in [-0.15, -0.1) is 6.58 Å². The molecule has 0 aliphatic heterocycles. The van der Waals surface area contributed by atoms with Gasteiger partial charge in [0, 0.05) is 6.42 Å². The third-order valence-electron chi connectivity index (χ3n) is 0.654. The van der Waals surface area contributed by atoms with Crippen LogP contribution in [0.15, 0.2) is 12.2 Å². The lowest BCUT2D eigenvalue weighted by atomic mass is 10.2. The number of allylic oxidation sites excluding steroid dienone is 1. The fourth-order valence-electron chi connectivity index (χ4n) is 0.264. The van der Waals surface area contributed by atoms with Crippen molar-refractivity contribution in [1.82, 2.24) is 0 Å². The van der Waals surface area contributed by atoms with Gasteiger partial charge < -0.3 is 0 Å². The molecule has 0 aromatic rings. The minimum atomic E-state index is 0.495. The Bertz CT molecular complexity index is 74.2. The van der Waals surface area contributed by atoms with Gasteiger partial charge in [-0.05, 0) is 13.3 Å². The predicted octanol–water partition coefficient (Wildman–Crippen LogP) is 1.45. The Morgan fingerprint density at radius 2 is 2.43 bits per heavy atom. The monoisotopic (exact) mass is 97.1 g/mol. The van der Waals surface area contributed by atoms with Gasteiger partial charge in [-0.2, -0.15) is 0 Å². The highest BCUT2D eigenvalue weighted by Crippen LogP contribution is 1.95. The molecule has 39 valence electrons. The number of hydrogen-bond acceptors (Lipinski definition) is 1. The average molecular weight is 97.1 g/mol. The summed E-state index contributed by atoms with van der Waals surface area (Å²) in [6.45, 7) is 5.51. The Labute approximate surface area is 44.0 Å². The molecule has 0 unspecified atom stereocenters. The highest BCUT2D eigenvalue weighted by atomic mass is 16.1. The third kappa shape index (κ3) is 5.41. The lowest BCUT2D eigenvalue weighted by Crippen LogP contribution is -1.74. The van der Waals surface area contributed by atoms with E-state index in [1.54, 1.807) is 6.29 Å². The van der Waals surface area contributed by atoms with Crippen molar-refractivity contribution in [2.24, 2.45) is 0 Å². The minimum absolute atomic E-state index is 0.495. The van der Waals surface area contributed by atoms with E-state index in [2.05, 4.69) is 6.58 Å². The maximum Gasteiger partial charge on any atom is 0.198 e. The summed E-state index contributed by atoms with van der Waals surface area (Å²) < 4.78 is 0. The minimum Gasteiger partial charge on any atom is -0.291 e. The molecule has 7 heavy (non-hydrogen) atoms. The van der Waals surface area contributed by atoms with Crippen molar-refractivity contribution in [3.63, 3.8) is 0 Å². The van der Waals surface area contributed by atoms with E-state index in [9.17, 15) is 4.79 Å². The van der Waals surface area contributed by atoms with Crippen LogP contribution in [0.2, 0.25) is 0 Å². The van der Waals surface area contributed by atoms with Crippen LogP contribution >= 0.6 is 0 Å². The number of rotatable bonds is 3. The van der Waals surface area contributed by atoms with Crippen molar-refractivity contribution in [3.8, 4) is 0 Å². The highest BCUT2D eigenvalue weighted by molar-refractivity contribution is 5.50. The summed E-state index contributed by atoms with van der Waals surface area (Å²) in [6.07, 6.45) is 3.06. The fourth-order valence-corrected chi connectivity index (χ4v) is 0.264. The first-order valence-electron chi connectivity index (χ1n) is 2.26. The largest absolute Gasteiger partial charge is 0.291 e. The molecule has 1 radical (unpaired) electrons. The van der Waals surface area contributed by atoms with E-state index in [1.165, 1.54) is 0 Å². The molecule has 0 aliphatic rings. The second-order valence-electron chi connectivity index (χ2n) is 1.60. The van der Waals surface area contributed by atoms with E-state index in [1.807, 2.05) is 6.92 Å². The molecule has 0 atom stereocenters. The summed E-state index contributed by atoms with van der Waals surface area (Å²) in [4.78, 5) is 9.54. The molecule has 1 nitrogen and oxygen atoms in total. The van der Waals surface area contributed by atoms with Crippen molar-refractivity contribution in [2.45, 2.75) is 19.8 Å². The Morgan fingerprint density at radius 3 is 2.57 bits per heavy atom. The molecule has 0 N–H and O–H groups in total. The summed E-state index contributed by atoms with van der Waals surface area (Å²) in [7, 11) is 0. The lowest BCUT2D eigenvalue weighted by molar-refractivity contribution is 0.551. The van der Waals surface area contributed by atoms with E-state index in [0.717, 1.165) is 12.0 Å². The molecule has 0 saturated carbocycles. The molecule has 0 heterocycles. The molecule has 0 bridgehead atoms. The van der Waals surface area contributed by atoms with Crippen molar-refractivity contribution in [2.75, 3.05) is 0 Å². The van der Waals surface area contributed by atoms with Crippen LogP contribution in [0.5, 0.6) is 0 Å². The fraction of sp³-hybridized carbons (Fsp3) is 0.500. The molecule has 0 aromatic heterocycles. The zero-order valence-electron chi connectivity index (χ0n) is 4.53. The first-order valence-corrected chi connectivity index (χ1v) is 2.26. The predicted molar refractivity (Wildman–Crippen MR) is 29.7 cm³/mol. The van der Waals surface area contributed by atoms with Crippen LogP contribution in [0.1, 0.15) is 19.8 Å². The second kappa shape index (κ2) is 3.59. The molecule has 0 spiro atoms. The standard InChI is InChI=1S/C6H9O/c1-6(2)4-3-5-7/h1,3-4H2,2H3. The van der Waals surface area contributed by atoms with Crippen molar-refractivity contribution < 1.29 is 4.79 Å². The number of carbonyl (C=O) groups excluding carboxylic acids is 1. The van der Waals surface area contributed by atoms with Crippen LogP contribution < -0.4 is 0 Å². The molecule has 0 rings (SSSR count). The van der Waals surface area contributed by atoms with Crippen molar-refractivity contribution >= 4 is 6.29 Å². The SMILES string of the molecule is C=C(C)CC[C]=O. The molecule has 0 fully saturated rings. The second-order valence-corrected chi connectivity index (χ2v) is 1.60. The van der Waals surface area contributed by atoms with Gasteiger partial charge in [0.1, 0.15) is 0 Å². The van der Waals surface area contributed by atoms with Gasteiger partial charge in [-0.25, -0.2) is 0 Å². The third-order valence-corrected chi connectivity index (χ3v) is 0.654. The molecule has 0 amide bonds. The summed E-state index contributed by atoms with van der Waals surface area (Å²) in [6, 6.07) is 0. The van der Waals surface area contributed by atoms with Gasteiger partial charge in [-0.1, -0.05) is 5.57 Å². The Hall–Kier alpha value is -0.590. The Balaban J connectivity index is 2.97. The van der Waals surface area contributed by atoms with Crippen LogP contribution in [0.3, 0.4) is 0 Å². The quantitative estimate of drug-likeness (QED) is 0.487. The molecule has 0 aliphatic carbocycles. The van der Waals surface area contributed by atoms with Gasteiger partial charge in [0.2, 0.25) is 0 Å². The first-order chi connectivity index (χ1) is 3.27. The normalized spacial score (nSPS) is 8.14. The lowest BCUT2D eigenvalue weighted by Gasteiger charge is -1.86. The summed E-state index contributed by atoms with van der Waals surface area (Å²) >= 11 is 0. The summed E-state index contributed by atoms with van der Waals surface area (Å²) in [5.41, 5.74) is 1.04. The summed E-state index contributed by atoms with van der Waals surface area (Å²) in [5, 5.41) is 0. The molecule has 0 aromatic carbocycles. The number of hydrogen-bond donors (Lipinski definition) is 0. The molecule has 0 saturated heterocycles. The van der Waals surface area contributed by atoms with Gasteiger partial charge in [0.25, 0.3) is 0 Å². The van der Waals surface area contributed by atoms with Crippen LogP contribution in [-0.2, 0) is 4.79 Å². The van der Waals surface area contributed by atoms with E-state index in [-0.39, 0.29) is 0 Å². The van der Waals surface area contributed by atoms with Crippen LogP contribution in [0.25, 0.3) is 0 Å². The van der Waals surface area contributed by atoms with Crippen molar-refractivity contribution in [1.29, 1.82) is 0 Å². The van der Waals surface area contributed by atoms with Gasteiger partial charge in [0.05, 0.1) is 0 Å². The molecule has 1 heteroatoms. The smallest absolute Gasteiger partial charge is 0.198 e. The average Bonchev–Trinajstić information content (AvgIpc) is 1.61. The van der Waals surface area contributed by atoms with Gasteiger partial charge in [0.15, 0.2) is 6.29 Å². The zero-order chi connectivity index (χ0) is 5.70. The highest BCUT2D eigenvalue weighted by Gasteiger charge is 1.82. The zero-order valence-corrected chi connectivity index (χ0v) is 4.53. The van der Waals surface area contributed by atoms with E-state index in [4.69, 9.17) is 0 Å². The molecular formula is C6H9O. The van der Waals surface area contributed by atoms with Crippen molar-refractivity contribution in [3.05, 3.63) is 12.2 Å². The van der Waals surface area contributed by atoms with E-state index < -0.39 is 0 Å². The Kier molecular flexibility index (Phi) is 3.29. The van der Waals surface area contributed by atoms with Gasteiger partial charge in [-0.3, -0.25) is 4.79 Å². The maximum absolute atomic E-state index is 9.54. The van der Waals surface area contributed by atoms with Crippen LogP contribution in [0.4, 0.5) is 0 Å².